The molecule has 184 valence electrons. The van der Waals surface area contributed by atoms with E-state index in [1.165, 1.54) is 5.56 Å². The van der Waals surface area contributed by atoms with Crippen molar-refractivity contribution < 1.29 is 14.1 Å². The highest BCUT2D eigenvalue weighted by molar-refractivity contribution is 5.94. The van der Waals surface area contributed by atoms with E-state index in [0.717, 1.165) is 22.4 Å². The molecular formula is C28H29N5O3. The molecule has 0 aliphatic rings. The quantitative estimate of drug-likeness (QED) is 0.368. The summed E-state index contributed by atoms with van der Waals surface area (Å²) in [6.45, 7) is 4.89. The molecule has 0 atom stereocenters. The summed E-state index contributed by atoms with van der Waals surface area (Å²) >= 11 is 0. The van der Waals surface area contributed by atoms with Gasteiger partial charge in [-0.3, -0.25) is 4.79 Å². The molecule has 1 aromatic heterocycles. The number of benzene rings is 3. The van der Waals surface area contributed by atoms with Crippen LogP contribution >= 0.6 is 0 Å². The van der Waals surface area contributed by atoms with Gasteiger partial charge in [0.05, 0.1) is 0 Å². The number of likely N-dealkylation sites (N-methyl/N-ethyl adjacent to an activating group) is 1. The van der Waals surface area contributed by atoms with Crippen molar-refractivity contribution in [3.63, 3.8) is 0 Å². The maximum atomic E-state index is 12.5. The van der Waals surface area contributed by atoms with Gasteiger partial charge in [-0.15, -0.1) is 0 Å². The fraction of sp³-hybridized carbons (Fsp3) is 0.214. The van der Waals surface area contributed by atoms with E-state index in [1.807, 2.05) is 62.4 Å². The Morgan fingerprint density at radius 1 is 0.944 bits per heavy atom. The van der Waals surface area contributed by atoms with Crippen LogP contribution in [0, 0.1) is 13.8 Å². The lowest BCUT2D eigenvalue weighted by Crippen LogP contribution is -2.33. The Morgan fingerprint density at radius 3 is 2.42 bits per heavy atom. The van der Waals surface area contributed by atoms with E-state index in [9.17, 15) is 9.59 Å². The Labute approximate surface area is 210 Å². The summed E-state index contributed by atoms with van der Waals surface area (Å²) in [7, 11) is 1.72. The molecule has 8 nitrogen and oxygen atoms in total. The summed E-state index contributed by atoms with van der Waals surface area (Å²) < 4.78 is 5.39. The molecule has 0 radical (unpaired) electrons. The molecule has 36 heavy (non-hydrogen) atoms. The van der Waals surface area contributed by atoms with Gasteiger partial charge in [0.15, 0.2) is 5.82 Å². The van der Waals surface area contributed by atoms with Gasteiger partial charge in [-0.1, -0.05) is 47.1 Å². The van der Waals surface area contributed by atoms with E-state index in [1.54, 1.807) is 36.2 Å². The lowest BCUT2D eigenvalue weighted by molar-refractivity contribution is 0.0951. The second-order valence-corrected chi connectivity index (χ2v) is 8.73. The van der Waals surface area contributed by atoms with Crippen LogP contribution in [0.3, 0.4) is 0 Å². The van der Waals surface area contributed by atoms with Crippen molar-refractivity contribution in [1.82, 2.24) is 20.4 Å². The normalized spacial score (nSPS) is 10.6. The number of aromatic nitrogens is 2. The van der Waals surface area contributed by atoms with Gasteiger partial charge in [0.2, 0.25) is 0 Å². The maximum Gasteiger partial charge on any atom is 0.321 e. The predicted octanol–water partition coefficient (Wildman–Crippen LogP) is 4.99. The Balaban J connectivity index is 1.28. The van der Waals surface area contributed by atoms with Gasteiger partial charge in [0, 0.05) is 43.4 Å². The molecule has 1 heterocycles. The van der Waals surface area contributed by atoms with E-state index < -0.39 is 0 Å². The zero-order valence-corrected chi connectivity index (χ0v) is 20.6. The average Bonchev–Trinajstić information content (AvgIpc) is 3.36. The van der Waals surface area contributed by atoms with Crippen molar-refractivity contribution in [2.24, 2.45) is 0 Å². The molecule has 0 spiro atoms. The van der Waals surface area contributed by atoms with Gasteiger partial charge in [0.25, 0.3) is 11.8 Å². The standard InChI is InChI=1S/C28H29N5O3/c1-19-7-9-21(10-8-19)18-29-26(34)22-11-13-23(14-12-22)27-31-25(32-36-27)15-16-33(3)28(35)30-24-6-4-5-20(2)17-24/h4-14,17H,15-16,18H2,1-3H3,(H,29,34)(H,30,35). The third-order valence-corrected chi connectivity index (χ3v) is 5.72. The Kier molecular flexibility index (Phi) is 7.75. The largest absolute Gasteiger partial charge is 0.348 e. The van der Waals surface area contributed by atoms with Crippen molar-refractivity contribution >= 4 is 17.6 Å². The minimum Gasteiger partial charge on any atom is -0.348 e. The van der Waals surface area contributed by atoms with Crippen molar-refractivity contribution in [2.45, 2.75) is 26.8 Å². The second-order valence-electron chi connectivity index (χ2n) is 8.73. The van der Waals surface area contributed by atoms with E-state index in [4.69, 9.17) is 4.52 Å². The van der Waals surface area contributed by atoms with Crippen LogP contribution in [-0.4, -0.2) is 40.6 Å². The van der Waals surface area contributed by atoms with Crippen LogP contribution in [-0.2, 0) is 13.0 Å². The van der Waals surface area contributed by atoms with Crippen LogP contribution < -0.4 is 10.6 Å². The van der Waals surface area contributed by atoms with Gasteiger partial charge in [0.1, 0.15) is 0 Å². The van der Waals surface area contributed by atoms with E-state index in [-0.39, 0.29) is 11.9 Å². The summed E-state index contributed by atoms with van der Waals surface area (Å²) in [6.07, 6.45) is 0.445. The SMILES string of the molecule is Cc1ccc(CNC(=O)c2ccc(-c3nc(CCN(C)C(=O)Nc4cccc(C)c4)no3)cc2)cc1. The minimum absolute atomic E-state index is 0.152. The van der Waals surface area contributed by atoms with E-state index in [0.29, 0.717) is 36.8 Å². The molecule has 0 saturated heterocycles. The summed E-state index contributed by atoms with van der Waals surface area (Å²) in [5, 5.41) is 9.82. The number of hydrogen-bond acceptors (Lipinski definition) is 5. The Morgan fingerprint density at radius 2 is 1.69 bits per heavy atom. The summed E-state index contributed by atoms with van der Waals surface area (Å²) in [5.41, 5.74) is 5.32. The zero-order valence-electron chi connectivity index (χ0n) is 20.6. The van der Waals surface area contributed by atoms with Crippen LogP contribution in [0.5, 0.6) is 0 Å². The van der Waals surface area contributed by atoms with Gasteiger partial charge in [-0.2, -0.15) is 4.98 Å². The highest BCUT2D eigenvalue weighted by Crippen LogP contribution is 2.18. The number of urea groups is 1. The number of rotatable bonds is 8. The highest BCUT2D eigenvalue weighted by atomic mass is 16.5. The second kappa shape index (κ2) is 11.3. The van der Waals surface area contributed by atoms with Crippen molar-refractivity contribution in [2.75, 3.05) is 18.9 Å². The van der Waals surface area contributed by atoms with Crippen molar-refractivity contribution in [3.8, 4) is 11.5 Å². The monoisotopic (exact) mass is 483 g/mol. The van der Waals surface area contributed by atoms with Crippen molar-refractivity contribution in [3.05, 3.63) is 101 Å². The maximum absolute atomic E-state index is 12.5. The van der Waals surface area contributed by atoms with Gasteiger partial charge in [-0.25, -0.2) is 4.79 Å². The molecule has 0 bridgehead atoms. The fourth-order valence-corrected chi connectivity index (χ4v) is 3.54. The Hall–Kier alpha value is -4.46. The number of carbonyl (C=O) groups is 2. The molecule has 8 heteroatoms. The van der Waals surface area contributed by atoms with Crippen LogP contribution in [0.2, 0.25) is 0 Å². The minimum atomic E-state index is -0.208. The molecule has 0 aliphatic carbocycles. The number of aryl methyl sites for hydroxylation is 2. The highest BCUT2D eigenvalue weighted by Gasteiger charge is 2.14. The summed E-state index contributed by atoms with van der Waals surface area (Å²) in [5.74, 6) is 0.712. The third-order valence-electron chi connectivity index (χ3n) is 5.72. The summed E-state index contributed by atoms with van der Waals surface area (Å²) in [4.78, 5) is 30.9. The lowest BCUT2D eigenvalue weighted by atomic mass is 10.1. The molecule has 4 aromatic rings. The molecular weight excluding hydrogens is 454 g/mol. The smallest absolute Gasteiger partial charge is 0.321 e. The third kappa shape index (κ3) is 6.56. The lowest BCUT2D eigenvalue weighted by Gasteiger charge is -2.17. The zero-order chi connectivity index (χ0) is 25.5. The van der Waals surface area contributed by atoms with Gasteiger partial charge in [-0.05, 0) is 61.4 Å². The fourth-order valence-electron chi connectivity index (χ4n) is 3.54. The number of carbonyl (C=O) groups excluding carboxylic acids is 2. The van der Waals surface area contributed by atoms with E-state index in [2.05, 4.69) is 20.8 Å². The molecule has 0 fully saturated rings. The number of nitrogens with one attached hydrogen (secondary N) is 2. The predicted molar refractivity (Wildman–Crippen MR) is 139 cm³/mol. The molecule has 3 aromatic carbocycles. The van der Waals surface area contributed by atoms with Crippen LogP contribution in [0.15, 0.2) is 77.3 Å². The number of hydrogen-bond donors (Lipinski definition) is 2. The molecule has 0 aliphatic heterocycles. The first-order valence-electron chi connectivity index (χ1n) is 11.7. The number of anilines is 1. The van der Waals surface area contributed by atoms with Crippen LogP contribution in [0.4, 0.5) is 10.5 Å². The first-order chi connectivity index (χ1) is 17.4. The van der Waals surface area contributed by atoms with Crippen LogP contribution in [0.1, 0.15) is 32.9 Å². The molecule has 0 saturated carbocycles. The van der Waals surface area contributed by atoms with Gasteiger partial charge >= 0.3 is 6.03 Å². The molecule has 0 unspecified atom stereocenters. The van der Waals surface area contributed by atoms with Crippen LogP contribution in [0.25, 0.3) is 11.5 Å². The van der Waals surface area contributed by atoms with Crippen molar-refractivity contribution in [1.29, 1.82) is 0 Å². The topological polar surface area (TPSA) is 100 Å². The van der Waals surface area contributed by atoms with E-state index >= 15 is 0 Å². The molecule has 3 amide bonds. The van der Waals surface area contributed by atoms with Gasteiger partial charge < -0.3 is 20.1 Å². The first kappa shape index (κ1) is 24.7. The number of amides is 3. The number of nitrogens with zero attached hydrogens (tertiary/aromatic N) is 3. The summed E-state index contributed by atoms with van der Waals surface area (Å²) in [6, 6.07) is 22.5. The average molecular weight is 484 g/mol. The molecule has 4 rings (SSSR count). The first-order valence-corrected chi connectivity index (χ1v) is 11.7. The Bertz CT molecular complexity index is 1330. The molecule has 2 N–H and O–H groups in total.